The van der Waals surface area contributed by atoms with Crippen LogP contribution in [0.4, 0.5) is 0 Å². The van der Waals surface area contributed by atoms with Gasteiger partial charge in [0, 0.05) is 17.7 Å². The molecule has 8 N–H and O–H groups in total. The number of aliphatic carboxylic acids is 1. The van der Waals surface area contributed by atoms with Gasteiger partial charge in [0.15, 0.2) is 28.4 Å². The lowest BCUT2D eigenvalue weighted by molar-refractivity contribution is -0.278. The maximum Gasteiger partial charge on any atom is 0.317 e. The second-order valence-electron chi connectivity index (χ2n) is 8.51. The van der Waals surface area contributed by atoms with E-state index >= 15 is 0 Å². The fourth-order valence-electron chi connectivity index (χ4n) is 3.80. The normalized spacial score (nSPS) is 22.9. The zero-order chi connectivity index (χ0) is 28.6. The van der Waals surface area contributed by atoms with Crippen molar-refractivity contribution in [1.29, 1.82) is 0 Å². The van der Waals surface area contributed by atoms with Gasteiger partial charge in [0.2, 0.25) is 12.0 Å². The molecule has 0 aliphatic carbocycles. The van der Waals surface area contributed by atoms with Gasteiger partial charge >= 0.3 is 11.9 Å². The van der Waals surface area contributed by atoms with Gasteiger partial charge < -0.3 is 59.5 Å². The van der Waals surface area contributed by atoms with Crippen LogP contribution in [0, 0.1) is 0 Å². The maximum absolute atomic E-state index is 12.7. The second kappa shape index (κ2) is 10.7. The van der Waals surface area contributed by atoms with Crippen molar-refractivity contribution in [3.8, 4) is 40.1 Å². The average molecular weight is 550 g/mol. The first-order chi connectivity index (χ1) is 18.4. The summed E-state index contributed by atoms with van der Waals surface area (Å²) in [6.07, 6.45) is -9.95. The van der Waals surface area contributed by atoms with Crippen LogP contribution in [0.3, 0.4) is 0 Å². The molecule has 1 saturated heterocycles. The van der Waals surface area contributed by atoms with Gasteiger partial charge in [-0.05, 0) is 18.2 Å². The maximum atomic E-state index is 12.7. The minimum absolute atomic E-state index is 0.102. The summed E-state index contributed by atoms with van der Waals surface area (Å²) in [6, 6.07) is 5.52. The van der Waals surface area contributed by atoms with Crippen LogP contribution >= 0.6 is 0 Å². The lowest BCUT2D eigenvalue weighted by Crippen LogP contribution is -2.60. The first-order valence-electron chi connectivity index (χ1n) is 11.2. The van der Waals surface area contributed by atoms with Crippen LogP contribution in [-0.2, 0) is 19.1 Å². The molecule has 1 aliphatic heterocycles. The summed E-state index contributed by atoms with van der Waals surface area (Å²) in [6.45, 7) is -0.733. The number of phenols is 4. The van der Waals surface area contributed by atoms with Crippen LogP contribution in [0.2, 0.25) is 0 Å². The number of carbonyl (C=O) groups is 2. The number of fused-ring (bicyclic) bond motifs is 1. The number of aliphatic hydroxyl groups excluding tert-OH is 3. The first-order valence-corrected chi connectivity index (χ1v) is 11.2. The molecule has 39 heavy (non-hydrogen) atoms. The van der Waals surface area contributed by atoms with Crippen molar-refractivity contribution in [3.63, 3.8) is 0 Å². The van der Waals surface area contributed by atoms with Crippen molar-refractivity contribution >= 4 is 22.9 Å². The second-order valence-corrected chi connectivity index (χ2v) is 8.51. The van der Waals surface area contributed by atoms with E-state index in [1.165, 1.54) is 6.07 Å². The molecule has 0 bridgehead atoms. The summed E-state index contributed by atoms with van der Waals surface area (Å²) in [4.78, 5) is 34.8. The Kier molecular flexibility index (Phi) is 7.51. The number of carbonyl (C=O) groups excluding carboxylic acids is 1. The van der Waals surface area contributed by atoms with Crippen LogP contribution in [0.1, 0.15) is 6.42 Å². The fourth-order valence-corrected chi connectivity index (χ4v) is 3.80. The summed E-state index contributed by atoms with van der Waals surface area (Å²) in [7, 11) is 0. The van der Waals surface area contributed by atoms with E-state index in [4.69, 9.17) is 23.7 Å². The summed E-state index contributed by atoms with van der Waals surface area (Å²) < 4.78 is 21.1. The van der Waals surface area contributed by atoms with Gasteiger partial charge in [-0.3, -0.25) is 14.4 Å². The minimum Gasteiger partial charge on any atom is -0.504 e. The molecule has 2 heterocycles. The number of benzene rings is 2. The highest BCUT2D eigenvalue weighted by atomic mass is 16.7. The number of ether oxygens (including phenoxy) is 3. The molecule has 3 aromatic rings. The SMILES string of the molecule is O=C(O)CC(=O)OCC1OC(Oc2cc3oc(-c4ccc(O)c(O)c4)cc(=O)c3c(O)c2O)C(O)C(O)C1O. The van der Waals surface area contributed by atoms with Crippen molar-refractivity contribution in [2.75, 3.05) is 6.61 Å². The summed E-state index contributed by atoms with van der Waals surface area (Å²) in [5, 5.41) is 79.1. The van der Waals surface area contributed by atoms with Crippen molar-refractivity contribution in [2.45, 2.75) is 37.1 Å². The average Bonchev–Trinajstić information content (AvgIpc) is 2.87. The van der Waals surface area contributed by atoms with E-state index in [1.54, 1.807) is 0 Å². The van der Waals surface area contributed by atoms with E-state index in [-0.39, 0.29) is 16.9 Å². The topological polar surface area (TPSA) is 254 Å². The standard InChI is InChI=1S/C24H22O15/c25-9-2-1-8(3-10(9)26)12-4-11(27)18-13(37-12)5-14(19(31)21(18)33)38-24-23(35)22(34)20(32)15(39-24)7-36-17(30)6-16(28)29/h1-5,15,20,22-26,31-35H,6-7H2,(H,28,29). The molecule has 208 valence electrons. The van der Waals surface area contributed by atoms with Crippen molar-refractivity contribution < 1.29 is 69.1 Å². The van der Waals surface area contributed by atoms with E-state index in [1.807, 2.05) is 0 Å². The lowest BCUT2D eigenvalue weighted by Gasteiger charge is -2.39. The molecule has 1 fully saturated rings. The van der Waals surface area contributed by atoms with Crippen molar-refractivity contribution in [1.82, 2.24) is 0 Å². The molecule has 5 atom stereocenters. The zero-order valence-electron chi connectivity index (χ0n) is 19.6. The Bertz CT molecular complexity index is 1480. The molecule has 1 aromatic heterocycles. The number of carboxylic acid groups (broad SMARTS) is 1. The minimum atomic E-state index is -1.93. The molecule has 1 aliphatic rings. The summed E-state index contributed by atoms with van der Waals surface area (Å²) in [5.74, 6) is -6.18. The molecule has 4 rings (SSSR count). The molecular weight excluding hydrogens is 528 g/mol. The molecule has 0 spiro atoms. The van der Waals surface area contributed by atoms with Gasteiger partial charge in [-0.2, -0.15) is 0 Å². The molecular formula is C24H22O15. The Morgan fingerprint density at radius 2 is 1.62 bits per heavy atom. The lowest BCUT2D eigenvalue weighted by atomic mass is 9.99. The van der Waals surface area contributed by atoms with Crippen LogP contribution in [-0.4, -0.2) is 90.1 Å². The monoisotopic (exact) mass is 550 g/mol. The van der Waals surface area contributed by atoms with Crippen LogP contribution in [0.15, 0.2) is 39.5 Å². The highest BCUT2D eigenvalue weighted by Gasteiger charge is 2.46. The van der Waals surface area contributed by atoms with Crippen LogP contribution in [0.5, 0.6) is 28.7 Å². The smallest absolute Gasteiger partial charge is 0.317 e. The number of carboxylic acids is 1. The predicted octanol–water partition coefficient (Wildman–Crippen LogP) is -0.513. The van der Waals surface area contributed by atoms with E-state index < -0.39 is 95.2 Å². The predicted molar refractivity (Wildman–Crippen MR) is 125 cm³/mol. The van der Waals surface area contributed by atoms with E-state index in [0.29, 0.717) is 0 Å². The Balaban J connectivity index is 1.65. The Morgan fingerprint density at radius 3 is 2.28 bits per heavy atom. The highest BCUT2D eigenvalue weighted by Crippen LogP contribution is 2.43. The highest BCUT2D eigenvalue weighted by molar-refractivity contribution is 5.90. The third-order valence-corrected chi connectivity index (χ3v) is 5.81. The Hall–Kier alpha value is -4.57. The molecule has 5 unspecified atom stereocenters. The summed E-state index contributed by atoms with van der Waals surface area (Å²) >= 11 is 0. The third kappa shape index (κ3) is 5.51. The number of hydrogen-bond acceptors (Lipinski definition) is 14. The van der Waals surface area contributed by atoms with Gasteiger partial charge in [-0.1, -0.05) is 0 Å². The third-order valence-electron chi connectivity index (χ3n) is 5.81. The Morgan fingerprint density at radius 1 is 0.897 bits per heavy atom. The van der Waals surface area contributed by atoms with Gasteiger partial charge in [0.05, 0.1) is 0 Å². The van der Waals surface area contributed by atoms with Gasteiger partial charge in [0.25, 0.3) is 0 Å². The fraction of sp³-hybridized carbons (Fsp3) is 0.292. The molecule has 0 amide bonds. The quantitative estimate of drug-likeness (QED) is 0.105. The van der Waals surface area contributed by atoms with Gasteiger partial charge in [-0.25, -0.2) is 0 Å². The van der Waals surface area contributed by atoms with Crippen molar-refractivity contribution in [3.05, 3.63) is 40.6 Å². The number of phenolic OH excluding ortho intramolecular Hbond substituents is 4. The van der Waals surface area contributed by atoms with Crippen LogP contribution < -0.4 is 10.2 Å². The van der Waals surface area contributed by atoms with Gasteiger partial charge in [0.1, 0.15) is 54.2 Å². The van der Waals surface area contributed by atoms with Crippen molar-refractivity contribution in [2.24, 2.45) is 0 Å². The number of hydrogen-bond donors (Lipinski definition) is 8. The largest absolute Gasteiger partial charge is 0.504 e. The number of rotatable bonds is 7. The molecule has 0 radical (unpaired) electrons. The number of aliphatic hydroxyl groups is 3. The summed E-state index contributed by atoms with van der Waals surface area (Å²) in [5.41, 5.74) is -0.947. The van der Waals surface area contributed by atoms with Crippen LogP contribution in [0.25, 0.3) is 22.3 Å². The molecule has 2 aromatic carbocycles. The first kappa shape index (κ1) is 27.5. The molecule has 15 heteroatoms. The zero-order valence-corrected chi connectivity index (χ0v) is 19.6. The molecule has 0 saturated carbocycles. The Labute approximate surface area is 216 Å². The number of aromatic hydroxyl groups is 4. The number of esters is 1. The van der Waals surface area contributed by atoms with E-state index in [9.17, 15) is 50.1 Å². The van der Waals surface area contributed by atoms with Gasteiger partial charge in [-0.15, -0.1) is 0 Å². The molecule has 15 nitrogen and oxygen atoms in total. The van der Waals surface area contributed by atoms with E-state index in [0.717, 1.165) is 24.3 Å². The van der Waals surface area contributed by atoms with E-state index in [2.05, 4.69) is 0 Å².